The van der Waals surface area contributed by atoms with E-state index in [-0.39, 0.29) is 17.5 Å². The van der Waals surface area contributed by atoms with Crippen molar-refractivity contribution in [2.75, 3.05) is 5.32 Å². The summed E-state index contributed by atoms with van der Waals surface area (Å²) in [5.74, 6) is -0.362. The van der Waals surface area contributed by atoms with Crippen LogP contribution in [0.25, 0.3) is 0 Å². The monoisotopic (exact) mass is 352 g/mol. The van der Waals surface area contributed by atoms with Crippen LogP contribution in [0.2, 0.25) is 0 Å². The fraction of sp³-hybridized carbons (Fsp3) is 0.111. The number of rotatable bonds is 6. The van der Waals surface area contributed by atoms with Crippen molar-refractivity contribution < 1.29 is 9.59 Å². The van der Waals surface area contributed by atoms with Crippen LogP contribution in [0, 0.1) is 0 Å². The summed E-state index contributed by atoms with van der Waals surface area (Å²) in [6.07, 6.45) is 4.67. The normalized spacial score (nSPS) is 10.2. The summed E-state index contributed by atoms with van der Waals surface area (Å²) in [6, 6.07) is 11.1. The third-order valence-electron chi connectivity index (χ3n) is 3.41. The van der Waals surface area contributed by atoms with Gasteiger partial charge in [-0.05, 0) is 29.1 Å². The largest absolute Gasteiger partial charge is 0.351 e. The Morgan fingerprint density at radius 2 is 1.92 bits per heavy atom. The summed E-state index contributed by atoms with van der Waals surface area (Å²) in [6.45, 7) is 0.544. The first kappa shape index (κ1) is 16.8. The molecule has 6 nitrogen and oxygen atoms in total. The molecular weight excluding hydrogens is 336 g/mol. The number of hydrogen-bond donors (Lipinski definition) is 2. The van der Waals surface area contributed by atoms with E-state index in [0.717, 1.165) is 10.4 Å². The smallest absolute Gasteiger partial charge is 0.275 e. The number of thiophene rings is 1. The quantitative estimate of drug-likeness (QED) is 0.714. The van der Waals surface area contributed by atoms with Gasteiger partial charge in [0.05, 0.1) is 19.2 Å². The van der Waals surface area contributed by atoms with E-state index in [0.29, 0.717) is 18.7 Å². The first-order valence-electron chi connectivity index (χ1n) is 7.66. The molecule has 0 saturated carbocycles. The molecule has 0 aliphatic rings. The zero-order valence-corrected chi connectivity index (χ0v) is 14.1. The number of aromatic nitrogens is 2. The number of nitrogens with one attached hydrogen (secondary N) is 2. The third-order valence-corrected chi connectivity index (χ3v) is 4.29. The summed E-state index contributed by atoms with van der Waals surface area (Å²) < 4.78 is 0. The number of benzene rings is 1. The molecule has 0 aliphatic carbocycles. The zero-order valence-electron chi connectivity index (χ0n) is 13.3. The van der Waals surface area contributed by atoms with Gasteiger partial charge in [-0.25, -0.2) is 4.98 Å². The fourth-order valence-corrected chi connectivity index (χ4v) is 2.81. The SMILES string of the molecule is O=C(Cc1ccc(NC(=O)c2cnccn2)cc1)NCc1cccs1. The van der Waals surface area contributed by atoms with Crippen LogP contribution < -0.4 is 10.6 Å². The van der Waals surface area contributed by atoms with Gasteiger partial charge in [-0.1, -0.05) is 18.2 Å². The highest BCUT2D eigenvalue weighted by Crippen LogP contribution is 2.12. The molecule has 1 aromatic carbocycles. The Hall–Kier alpha value is -3.06. The molecule has 0 saturated heterocycles. The maximum atomic E-state index is 12.0. The highest BCUT2D eigenvalue weighted by atomic mass is 32.1. The molecule has 0 fully saturated rings. The van der Waals surface area contributed by atoms with Crippen LogP contribution in [0.15, 0.2) is 60.4 Å². The van der Waals surface area contributed by atoms with Gasteiger partial charge in [0.25, 0.3) is 5.91 Å². The summed E-state index contributed by atoms with van der Waals surface area (Å²) in [5.41, 5.74) is 1.76. The maximum absolute atomic E-state index is 12.0. The Morgan fingerprint density at radius 3 is 2.60 bits per heavy atom. The molecule has 7 heteroatoms. The average Bonchev–Trinajstić information content (AvgIpc) is 3.16. The Balaban J connectivity index is 1.51. The zero-order chi connectivity index (χ0) is 17.5. The first-order chi connectivity index (χ1) is 12.2. The van der Waals surface area contributed by atoms with E-state index in [1.165, 1.54) is 18.6 Å². The van der Waals surface area contributed by atoms with Gasteiger partial charge in [0.2, 0.25) is 5.91 Å². The van der Waals surface area contributed by atoms with Crippen molar-refractivity contribution in [2.45, 2.75) is 13.0 Å². The molecule has 0 bridgehead atoms. The summed E-state index contributed by atoms with van der Waals surface area (Å²) in [7, 11) is 0. The molecule has 2 aromatic heterocycles. The van der Waals surface area contributed by atoms with Gasteiger partial charge in [0, 0.05) is 23.0 Å². The fourth-order valence-electron chi connectivity index (χ4n) is 2.16. The lowest BCUT2D eigenvalue weighted by molar-refractivity contribution is -0.120. The van der Waals surface area contributed by atoms with Gasteiger partial charge < -0.3 is 10.6 Å². The van der Waals surface area contributed by atoms with Gasteiger partial charge in [-0.2, -0.15) is 0 Å². The van der Waals surface area contributed by atoms with E-state index < -0.39 is 0 Å². The Labute approximate surface area is 149 Å². The van der Waals surface area contributed by atoms with E-state index in [4.69, 9.17) is 0 Å². The topological polar surface area (TPSA) is 84.0 Å². The molecule has 2 heterocycles. The number of hydrogen-bond acceptors (Lipinski definition) is 5. The predicted octanol–water partition coefficient (Wildman–Crippen LogP) is 2.65. The average molecular weight is 352 g/mol. The Morgan fingerprint density at radius 1 is 1.08 bits per heavy atom. The highest BCUT2D eigenvalue weighted by Gasteiger charge is 2.08. The van der Waals surface area contributed by atoms with Gasteiger partial charge in [0.15, 0.2) is 0 Å². The summed E-state index contributed by atoms with van der Waals surface area (Å²) in [5, 5.41) is 7.61. The van der Waals surface area contributed by atoms with Gasteiger partial charge in [0.1, 0.15) is 5.69 Å². The van der Waals surface area contributed by atoms with Crippen molar-refractivity contribution in [3.05, 3.63) is 76.5 Å². The van der Waals surface area contributed by atoms with Crippen LogP contribution in [0.1, 0.15) is 20.9 Å². The molecule has 25 heavy (non-hydrogen) atoms. The van der Waals surface area contributed by atoms with Crippen LogP contribution in [0.4, 0.5) is 5.69 Å². The van der Waals surface area contributed by atoms with Crippen LogP contribution in [-0.4, -0.2) is 21.8 Å². The molecule has 2 N–H and O–H groups in total. The summed E-state index contributed by atoms with van der Waals surface area (Å²) >= 11 is 1.61. The minimum absolute atomic E-state index is 0.0373. The van der Waals surface area contributed by atoms with E-state index in [9.17, 15) is 9.59 Å². The van der Waals surface area contributed by atoms with Crippen molar-refractivity contribution in [1.82, 2.24) is 15.3 Å². The standard InChI is InChI=1S/C18H16N4O2S/c23-17(21-11-15-2-1-9-25-15)10-13-3-5-14(6-4-13)22-18(24)16-12-19-7-8-20-16/h1-9,12H,10-11H2,(H,21,23)(H,22,24). The molecule has 126 valence electrons. The number of carbonyl (C=O) groups is 2. The highest BCUT2D eigenvalue weighted by molar-refractivity contribution is 7.09. The molecule has 0 radical (unpaired) electrons. The predicted molar refractivity (Wildman–Crippen MR) is 96.3 cm³/mol. The minimum atomic E-state index is -0.324. The van der Waals surface area contributed by atoms with Crippen molar-refractivity contribution in [3.63, 3.8) is 0 Å². The lowest BCUT2D eigenvalue weighted by atomic mass is 10.1. The van der Waals surface area contributed by atoms with Crippen LogP contribution >= 0.6 is 11.3 Å². The second kappa shape index (κ2) is 8.16. The number of amides is 2. The maximum Gasteiger partial charge on any atom is 0.275 e. The van der Waals surface area contributed by atoms with Crippen LogP contribution in [-0.2, 0) is 17.8 Å². The van der Waals surface area contributed by atoms with Crippen LogP contribution in [0.3, 0.4) is 0 Å². The van der Waals surface area contributed by atoms with E-state index in [2.05, 4.69) is 20.6 Å². The third kappa shape index (κ3) is 4.95. The Kier molecular flexibility index (Phi) is 5.48. The van der Waals surface area contributed by atoms with Gasteiger partial charge >= 0.3 is 0 Å². The van der Waals surface area contributed by atoms with E-state index >= 15 is 0 Å². The lowest BCUT2D eigenvalue weighted by Crippen LogP contribution is -2.24. The second-order valence-electron chi connectivity index (χ2n) is 5.27. The van der Waals surface area contributed by atoms with Gasteiger partial charge in [-0.3, -0.25) is 14.6 Å². The molecular formula is C18H16N4O2S. The second-order valence-corrected chi connectivity index (χ2v) is 6.31. The number of anilines is 1. The minimum Gasteiger partial charge on any atom is -0.351 e. The Bertz CT molecular complexity index is 833. The molecule has 3 rings (SSSR count). The van der Waals surface area contributed by atoms with Crippen molar-refractivity contribution >= 4 is 28.8 Å². The number of carbonyl (C=O) groups excluding carboxylic acids is 2. The lowest BCUT2D eigenvalue weighted by Gasteiger charge is -2.07. The van der Waals surface area contributed by atoms with E-state index in [1.54, 1.807) is 23.5 Å². The molecule has 0 unspecified atom stereocenters. The number of nitrogens with zero attached hydrogens (tertiary/aromatic N) is 2. The molecule has 0 spiro atoms. The van der Waals surface area contributed by atoms with Crippen LogP contribution in [0.5, 0.6) is 0 Å². The molecule has 2 amide bonds. The van der Waals surface area contributed by atoms with Crippen molar-refractivity contribution in [1.29, 1.82) is 0 Å². The van der Waals surface area contributed by atoms with Gasteiger partial charge in [-0.15, -0.1) is 11.3 Å². The summed E-state index contributed by atoms with van der Waals surface area (Å²) in [4.78, 5) is 32.9. The molecule has 0 aliphatic heterocycles. The van der Waals surface area contributed by atoms with Crippen molar-refractivity contribution in [3.8, 4) is 0 Å². The molecule has 0 atom stereocenters. The molecule has 3 aromatic rings. The van der Waals surface area contributed by atoms with E-state index in [1.807, 2.05) is 29.6 Å². The van der Waals surface area contributed by atoms with Crippen molar-refractivity contribution in [2.24, 2.45) is 0 Å². The first-order valence-corrected chi connectivity index (χ1v) is 8.54.